The largest absolute Gasteiger partial charge is 0.477 e. The lowest BCUT2D eigenvalue weighted by atomic mass is 10.1. The van der Waals surface area contributed by atoms with Crippen LogP contribution < -0.4 is 0 Å². The van der Waals surface area contributed by atoms with Crippen LogP contribution in [0.1, 0.15) is 75.9 Å². The smallest absolute Gasteiger partial charge is 0.354 e. The topological polar surface area (TPSA) is 80.9 Å². The summed E-state index contributed by atoms with van der Waals surface area (Å²) in [5.74, 6) is -1.11. The molecule has 0 unspecified atom stereocenters. The minimum Gasteiger partial charge on any atom is -0.477 e. The van der Waals surface area contributed by atoms with Crippen molar-refractivity contribution < 1.29 is 9.90 Å². The number of aromatic carboxylic acids is 1. The number of hydrogen-bond acceptors (Lipinski definition) is 4. The number of carboxylic acid groups (broad SMARTS) is 1. The molecule has 0 aromatic carbocycles. The molecule has 0 spiro atoms. The molecule has 0 aliphatic carbocycles. The summed E-state index contributed by atoms with van der Waals surface area (Å²) in [5, 5.41) is 17.8. The Kier molecular flexibility index (Phi) is 13.6. The van der Waals surface area contributed by atoms with E-state index < -0.39 is 5.97 Å². The van der Waals surface area contributed by atoms with E-state index in [1.54, 1.807) is 29.1 Å². The maximum Gasteiger partial charge on any atom is 0.354 e. The Hall–Kier alpha value is -3.54. The van der Waals surface area contributed by atoms with E-state index in [1.165, 1.54) is 6.07 Å². The fraction of sp³-hybridized carbons (Fsp3) is 0.280. The second-order valence-corrected chi connectivity index (χ2v) is 5.53. The Morgan fingerprint density at radius 1 is 1.06 bits per heavy atom. The predicted octanol–water partition coefficient (Wildman–Crippen LogP) is 6.62. The molecule has 2 aromatic rings. The van der Waals surface area contributed by atoms with Crippen molar-refractivity contribution in [3.63, 3.8) is 0 Å². The molecular formula is C25H34N4O2. The summed E-state index contributed by atoms with van der Waals surface area (Å²) in [6.07, 6.45) is 16.5. The van der Waals surface area contributed by atoms with E-state index in [0.29, 0.717) is 22.6 Å². The highest BCUT2D eigenvalue weighted by Crippen LogP contribution is 2.23. The summed E-state index contributed by atoms with van der Waals surface area (Å²) in [5.41, 5.74) is 3.23. The third-order valence-electron chi connectivity index (χ3n) is 3.66. The first-order chi connectivity index (χ1) is 15.0. The van der Waals surface area contributed by atoms with Crippen molar-refractivity contribution in [3.05, 3.63) is 77.9 Å². The second-order valence-electron chi connectivity index (χ2n) is 5.53. The number of carbonyl (C=O) groups is 1. The monoisotopic (exact) mass is 422 g/mol. The van der Waals surface area contributed by atoms with Gasteiger partial charge in [0.15, 0.2) is 5.69 Å². The van der Waals surface area contributed by atoms with Crippen LogP contribution in [0.15, 0.2) is 55.3 Å². The van der Waals surface area contributed by atoms with Crippen LogP contribution in [0.2, 0.25) is 0 Å². The van der Waals surface area contributed by atoms with E-state index in [4.69, 9.17) is 0 Å². The van der Waals surface area contributed by atoms with Gasteiger partial charge in [-0.25, -0.2) is 14.5 Å². The Bertz CT molecular complexity index is 964. The van der Waals surface area contributed by atoms with Gasteiger partial charge in [0.2, 0.25) is 0 Å². The molecule has 0 amide bonds. The zero-order chi connectivity index (χ0) is 23.8. The van der Waals surface area contributed by atoms with Gasteiger partial charge in [0.05, 0.1) is 17.6 Å². The van der Waals surface area contributed by atoms with Gasteiger partial charge in [0.25, 0.3) is 0 Å². The number of allylic oxidation sites excluding steroid dienone is 7. The summed E-state index contributed by atoms with van der Waals surface area (Å²) >= 11 is 0. The number of carboxylic acids is 1. The fourth-order valence-corrected chi connectivity index (χ4v) is 2.47. The van der Waals surface area contributed by atoms with Gasteiger partial charge in [-0.3, -0.25) is 0 Å². The van der Waals surface area contributed by atoms with Crippen LogP contribution in [0.5, 0.6) is 0 Å². The number of rotatable bonds is 7. The molecule has 1 N–H and O–H groups in total. The third-order valence-corrected chi connectivity index (χ3v) is 3.66. The van der Waals surface area contributed by atoms with E-state index in [2.05, 4.69) is 21.9 Å². The van der Waals surface area contributed by atoms with Crippen molar-refractivity contribution in [2.24, 2.45) is 0 Å². The summed E-state index contributed by atoms with van der Waals surface area (Å²) in [7, 11) is 0. The molecule has 6 heteroatoms. The van der Waals surface area contributed by atoms with Gasteiger partial charge >= 0.3 is 5.97 Å². The average molecular weight is 423 g/mol. The first-order valence-corrected chi connectivity index (χ1v) is 10.5. The van der Waals surface area contributed by atoms with Crippen LogP contribution in [-0.2, 0) is 0 Å². The SMILES string of the molecule is C=Cc1c(-n2cc(C(/C=C\C)=C/C=C\C)nn2)cc(C(=O)O)nc1/C=C\C.CC.CC. The molecule has 0 fully saturated rings. The van der Waals surface area contributed by atoms with Gasteiger partial charge in [-0.2, -0.15) is 0 Å². The molecule has 0 bridgehead atoms. The maximum absolute atomic E-state index is 11.5. The molecule has 166 valence electrons. The van der Waals surface area contributed by atoms with Crippen molar-refractivity contribution in [2.75, 3.05) is 0 Å². The normalized spacial score (nSPS) is 11.3. The van der Waals surface area contributed by atoms with Crippen LogP contribution in [0, 0.1) is 0 Å². The lowest BCUT2D eigenvalue weighted by Crippen LogP contribution is -2.08. The molecule has 0 aliphatic rings. The molecule has 0 atom stereocenters. The van der Waals surface area contributed by atoms with Gasteiger partial charge in [-0.15, -0.1) is 5.10 Å². The van der Waals surface area contributed by atoms with Crippen LogP contribution in [0.25, 0.3) is 23.4 Å². The summed E-state index contributed by atoms with van der Waals surface area (Å²) in [4.78, 5) is 15.7. The Morgan fingerprint density at radius 3 is 2.26 bits per heavy atom. The molecule has 0 saturated carbocycles. The van der Waals surface area contributed by atoms with Crippen molar-refractivity contribution in [3.8, 4) is 5.69 Å². The van der Waals surface area contributed by atoms with Crippen LogP contribution in [0.4, 0.5) is 0 Å². The van der Waals surface area contributed by atoms with Gasteiger partial charge in [0, 0.05) is 11.1 Å². The van der Waals surface area contributed by atoms with Crippen molar-refractivity contribution in [1.82, 2.24) is 20.0 Å². The molecule has 2 rings (SSSR count). The molecule has 0 saturated heterocycles. The zero-order valence-corrected chi connectivity index (χ0v) is 19.6. The summed E-state index contributed by atoms with van der Waals surface area (Å²) in [6, 6.07) is 1.47. The molecule has 0 radical (unpaired) electrons. The summed E-state index contributed by atoms with van der Waals surface area (Å²) < 4.78 is 1.54. The molecule has 6 nitrogen and oxygen atoms in total. The quantitative estimate of drug-likeness (QED) is 0.507. The predicted molar refractivity (Wildman–Crippen MR) is 131 cm³/mol. The van der Waals surface area contributed by atoms with E-state index in [-0.39, 0.29) is 5.69 Å². The number of hydrogen-bond donors (Lipinski definition) is 1. The molecule has 2 heterocycles. The van der Waals surface area contributed by atoms with Crippen LogP contribution in [0.3, 0.4) is 0 Å². The number of pyridine rings is 1. The van der Waals surface area contributed by atoms with Crippen molar-refractivity contribution in [1.29, 1.82) is 0 Å². The van der Waals surface area contributed by atoms with Crippen LogP contribution >= 0.6 is 0 Å². The van der Waals surface area contributed by atoms with Crippen molar-refractivity contribution in [2.45, 2.75) is 48.5 Å². The Labute approximate surface area is 186 Å². The Balaban J connectivity index is 0.00000212. The van der Waals surface area contributed by atoms with Gasteiger partial charge in [-0.1, -0.05) is 82.0 Å². The zero-order valence-electron chi connectivity index (χ0n) is 19.6. The highest BCUT2D eigenvalue weighted by Gasteiger charge is 2.16. The number of nitrogens with zero attached hydrogens (tertiary/aromatic N) is 4. The third kappa shape index (κ3) is 7.66. The first kappa shape index (κ1) is 27.5. The van der Waals surface area contributed by atoms with E-state index >= 15 is 0 Å². The van der Waals surface area contributed by atoms with Crippen LogP contribution in [-0.4, -0.2) is 31.1 Å². The average Bonchev–Trinajstić information content (AvgIpc) is 3.29. The van der Waals surface area contributed by atoms with Gasteiger partial charge < -0.3 is 5.11 Å². The van der Waals surface area contributed by atoms with E-state index in [1.807, 2.05) is 78.8 Å². The van der Waals surface area contributed by atoms with Gasteiger partial charge in [0.1, 0.15) is 5.69 Å². The fourth-order valence-electron chi connectivity index (χ4n) is 2.47. The minimum absolute atomic E-state index is 0.0705. The lowest BCUT2D eigenvalue weighted by Gasteiger charge is -2.10. The lowest BCUT2D eigenvalue weighted by molar-refractivity contribution is 0.0690. The molecule has 2 aromatic heterocycles. The maximum atomic E-state index is 11.5. The minimum atomic E-state index is -1.11. The summed E-state index contributed by atoms with van der Waals surface area (Å²) in [6.45, 7) is 17.5. The Morgan fingerprint density at radius 2 is 1.74 bits per heavy atom. The van der Waals surface area contributed by atoms with Gasteiger partial charge in [-0.05, 0) is 32.9 Å². The van der Waals surface area contributed by atoms with E-state index in [0.717, 1.165) is 5.57 Å². The molecule has 31 heavy (non-hydrogen) atoms. The number of aromatic nitrogens is 4. The molecular weight excluding hydrogens is 388 g/mol. The van der Waals surface area contributed by atoms with E-state index in [9.17, 15) is 9.90 Å². The van der Waals surface area contributed by atoms with Crippen molar-refractivity contribution >= 4 is 23.7 Å². The highest BCUT2D eigenvalue weighted by atomic mass is 16.4. The standard InChI is InChI=1S/C21H22N4O2.2C2H6/c1-5-9-12-15(10-6-2)19-14-25(24-23-19)20-13-18(21(26)27)22-17(11-7-3)16(20)8-4;2*1-2/h5-14H,4H2,1-3H3,(H,26,27);2*1-2H3/b9-5-,10-6-,11-7-,15-12+;;. The second kappa shape index (κ2) is 15.3. The highest BCUT2D eigenvalue weighted by molar-refractivity contribution is 5.88. The first-order valence-electron chi connectivity index (χ1n) is 10.5. The molecule has 0 aliphatic heterocycles.